The Balaban J connectivity index is 2.16. The van der Waals surface area contributed by atoms with Crippen LogP contribution in [0.1, 0.15) is 27.4 Å². The molecule has 0 aliphatic heterocycles. The Bertz CT molecular complexity index is 713. The number of aromatic carboxylic acids is 1. The normalized spacial score (nSPS) is 11.4. The number of furan rings is 1. The molecule has 1 N–H and O–H groups in total. The molecular formula is C14H14O5S. The van der Waals surface area contributed by atoms with Crippen molar-refractivity contribution in [1.29, 1.82) is 0 Å². The molecule has 5 nitrogen and oxygen atoms in total. The van der Waals surface area contributed by atoms with Crippen molar-refractivity contribution in [3.8, 4) is 0 Å². The summed E-state index contributed by atoms with van der Waals surface area (Å²) in [5.41, 5.74) is 0.684. The van der Waals surface area contributed by atoms with Gasteiger partial charge in [-0.05, 0) is 18.6 Å². The zero-order chi connectivity index (χ0) is 14.8. The van der Waals surface area contributed by atoms with Gasteiger partial charge in [0.25, 0.3) is 0 Å². The molecule has 1 aromatic heterocycles. The highest BCUT2D eigenvalue weighted by Gasteiger charge is 2.19. The molecule has 0 atom stereocenters. The average Bonchev–Trinajstić information content (AvgIpc) is 2.70. The highest BCUT2D eigenvalue weighted by molar-refractivity contribution is 7.89. The summed E-state index contributed by atoms with van der Waals surface area (Å²) >= 11 is 0. The maximum atomic E-state index is 12.1. The van der Waals surface area contributed by atoms with Crippen molar-refractivity contribution in [1.82, 2.24) is 0 Å². The van der Waals surface area contributed by atoms with Crippen LogP contribution in [0, 0.1) is 6.92 Å². The van der Waals surface area contributed by atoms with Crippen LogP contribution in [0.5, 0.6) is 0 Å². The van der Waals surface area contributed by atoms with Gasteiger partial charge in [-0.2, -0.15) is 0 Å². The summed E-state index contributed by atoms with van der Waals surface area (Å²) in [7, 11) is -3.40. The maximum absolute atomic E-state index is 12.1. The lowest BCUT2D eigenvalue weighted by Gasteiger charge is -2.02. The topological polar surface area (TPSA) is 84.6 Å². The lowest BCUT2D eigenvalue weighted by Crippen LogP contribution is -2.07. The number of carbonyl (C=O) groups is 1. The highest BCUT2D eigenvalue weighted by atomic mass is 32.2. The zero-order valence-corrected chi connectivity index (χ0v) is 11.7. The molecule has 2 rings (SSSR count). The fraction of sp³-hybridized carbons (Fsp3) is 0.214. The van der Waals surface area contributed by atoms with E-state index in [0.29, 0.717) is 5.56 Å². The Kier molecular flexibility index (Phi) is 3.94. The summed E-state index contributed by atoms with van der Waals surface area (Å²) in [5.74, 6) is -1.18. The van der Waals surface area contributed by atoms with Crippen molar-refractivity contribution in [3.63, 3.8) is 0 Å². The van der Waals surface area contributed by atoms with Crippen molar-refractivity contribution >= 4 is 15.8 Å². The molecule has 0 aliphatic carbocycles. The molecule has 0 radical (unpaired) electrons. The second-order valence-electron chi connectivity index (χ2n) is 4.51. The summed E-state index contributed by atoms with van der Waals surface area (Å²) in [6, 6.07) is 10.1. The number of aryl methyl sites for hydroxylation is 1. The van der Waals surface area contributed by atoms with E-state index in [2.05, 4.69) is 0 Å². The first-order chi connectivity index (χ1) is 9.37. The minimum atomic E-state index is -3.40. The third-order valence-corrected chi connectivity index (χ3v) is 4.29. The van der Waals surface area contributed by atoms with Crippen LogP contribution >= 0.6 is 0 Å². The number of hydrogen-bond acceptors (Lipinski definition) is 4. The van der Waals surface area contributed by atoms with Gasteiger partial charge in [0, 0.05) is 0 Å². The smallest absolute Gasteiger partial charge is 0.339 e. The van der Waals surface area contributed by atoms with Gasteiger partial charge < -0.3 is 9.52 Å². The average molecular weight is 294 g/mol. The fourth-order valence-corrected chi connectivity index (χ4v) is 3.30. The molecule has 0 spiro atoms. The van der Waals surface area contributed by atoms with Crippen LogP contribution in [0.25, 0.3) is 0 Å². The minimum Gasteiger partial charge on any atom is -0.478 e. The van der Waals surface area contributed by atoms with Crippen molar-refractivity contribution in [2.45, 2.75) is 18.4 Å². The van der Waals surface area contributed by atoms with E-state index >= 15 is 0 Å². The van der Waals surface area contributed by atoms with E-state index < -0.39 is 15.8 Å². The van der Waals surface area contributed by atoms with Crippen LogP contribution in [0.15, 0.2) is 40.8 Å². The van der Waals surface area contributed by atoms with Gasteiger partial charge in [0.15, 0.2) is 9.84 Å². The van der Waals surface area contributed by atoms with Gasteiger partial charge in [-0.25, -0.2) is 13.2 Å². The molecule has 0 amide bonds. The predicted octanol–water partition coefficient (Wildman–Crippen LogP) is 2.40. The summed E-state index contributed by atoms with van der Waals surface area (Å²) in [6.07, 6.45) is 0. The van der Waals surface area contributed by atoms with E-state index in [-0.39, 0.29) is 28.6 Å². The molecule has 1 aromatic carbocycles. The van der Waals surface area contributed by atoms with E-state index in [0.717, 1.165) is 0 Å². The van der Waals surface area contributed by atoms with E-state index in [1.54, 1.807) is 24.3 Å². The number of hydrogen-bond donors (Lipinski definition) is 1. The molecule has 0 unspecified atom stereocenters. The zero-order valence-electron chi connectivity index (χ0n) is 10.9. The molecule has 0 bridgehead atoms. The third kappa shape index (κ3) is 3.48. The minimum absolute atomic E-state index is 0.00471. The molecular weight excluding hydrogens is 280 g/mol. The number of rotatable bonds is 5. The second-order valence-corrected chi connectivity index (χ2v) is 6.57. The van der Waals surface area contributed by atoms with Crippen molar-refractivity contribution in [2.75, 3.05) is 0 Å². The molecule has 106 valence electrons. The van der Waals surface area contributed by atoms with Gasteiger partial charge >= 0.3 is 5.97 Å². The Hall–Kier alpha value is -2.08. The number of sulfone groups is 1. The SMILES string of the molecule is Cc1oc(CS(=O)(=O)Cc2ccccc2)cc1C(=O)O. The van der Waals surface area contributed by atoms with Crippen LogP contribution in [0.3, 0.4) is 0 Å². The molecule has 2 aromatic rings. The van der Waals surface area contributed by atoms with E-state index in [1.165, 1.54) is 13.0 Å². The monoisotopic (exact) mass is 294 g/mol. The predicted molar refractivity (Wildman–Crippen MR) is 73.2 cm³/mol. The fourth-order valence-electron chi connectivity index (χ4n) is 1.92. The van der Waals surface area contributed by atoms with Crippen molar-refractivity contribution < 1.29 is 22.7 Å². The first-order valence-corrected chi connectivity index (χ1v) is 7.76. The van der Waals surface area contributed by atoms with Crippen molar-refractivity contribution in [2.24, 2.45) is 0 Å². The van der Waals surface area contributed by atoms with Crippen molar-refractivity contribution in [3.05, 3.63) is 59.0 Å². The summed E-state index contributed by atoms with van der Waals surface area (Å²) in [4.78, 5) is 10.9. The van der Waals surface area contributed by atoms with Gasteiger partial charge in [-0.15, -0.1) is 0 Å². The summed E-state index contributed by atoms with van der Waals surface area (Å²) < 4.78 is 29.3. The molecule has 0 aliphatic rings. The third-order valence-electron chi connectivity index (χ3n) is 2.79. The highest BCUT2D eigenvalue weighted by Crippen LogP contribution is 2.18. The first kappa shape index (κ1) is 14.3. The van der Waals surface area contributed by atoms with Gasteiger partial charge in [0.2, 0.25) is 0 Å². The van der Waals surface area contributed by atoms with Crippen LogP contribution in [0.2, 0.25) is 0 Å². The first-order valence-electron chi connectivity index (χ1n) is 5.94. The molecule has 0 fully saturated rings. The lowest BCUT2D eigenvalue weighted by molar-refractivity contribution is 0.0695. The Morgan fingerprint density at radius 3 is 2.40 bits per heavy atom. The Morgan fingerprint density at radius 1 is 1.20 bits per heavy atom. The maximum Gasteiger partial charge on any atom is 0.339 e. The molecule has 1 heterocycles. The summed E-state index contributed by atoms with van der Waals surface area (Å²) in [5, 5.41) is 8.90. The quantitative estimate of drug-likeness (QED) is 0.915. The largest absolute Gasteiger partial charge is 0.478 e. The number of carboxylic acid groups (broad SMARTS) is 1. The van der Waals surface area contributed by atoms with Crippen LogP contribution < -0.4 is 0 Å². The Labute approximate surface area is 116 Å². The number of carboxylic acids is 1. The molecule has 6 heteroatoms. The lowest BCUT2D eigenvalue weighted by atomic mass is 10.2. The van der Waals surface area contributed by atoms with E-state index in [9.17, 15) is 13.2 Å². The molecule has 0 saturated carbocycles. The van der Waals surface area contributed by atoms with E-state index in [1.807, 2.05) is 6.07 Å². The number of benzene rings is 1. The second kappa shape index (κ2) is 5.50. The molecule has 0 saturated heterocycles. The van der Waals surface area contributed by atoms with E-state index in [4.69, 9.17) is 9.52 Å². The molecule has 20 heavy (non-hydrogen) atoms. The van der Waals surface area contributed by atoms with Crippen LogP contribution in [-0.2, 0) is 21.3 Å². The van der Waals surface area contributed by atoms with Crippen LogP contribution in [-0.4, -0.2) is 19.5 Å². The van der Waals surface area contributed by atoms with Gasteiger partial charge in [0.1, 0.15) is 22.8 Å². The Morgan fingerprint density at radius 2 is 1.85 bits per heavy atom. The van der Waals surface area contributed by atoms with Gasteiger partial charge in [-0.3, -0.25) is 0 Å². The summed E-state index contributed by atoms with van der Waals surface area (Å²) in [6.45, 7) is 1.50. The van der Waals surface area contributed by atoms with Crippen LogP contribution in [0.4, 0.5) is 0 Å². The standard InChI is InChI=1S/C14H14O5S/c1-10-13(14(15)16)7-12(19-10)9-20(17,18)8-11-5-3-2-4-6-11/h2-7H,8-9H2,1H3,(H,15,16). The van der Waals surface area contributed by atoms with Gasteiger partial charge in [0.05, 0.1) is 5.75 Å². The van der Waals surface area contributed by atoms with Gasteiger partial charge in [-0.1, -0.05) is 30.3 Å².